The van der Waals surface area contributed by atoms with Crippen LogP contribution in [0.15, 0.2) is 40.3 Å². The minimum absolute atomic E-state index is 0. The molecule has 1 aliphatic heterocycles. The van der Waals surface area contributed by atoms with Gasteiger partial charge in [0.1, 0.15) is 18.2 Å². The van der Waals surface area contributed by atoms with E-state index in [1.165, 1.54) is 11.3 Å². The number of pyridine rings is 1. The minimum atomic E-state index is 0. The first kappa shape index (κ1) is 23.9. The Morgan fingerprint density at radius 3 is 2.74 bits per heavy atom. The van der Waals surface area contributed by atoms with Gasteiger partial charge in [-0.05, 0) is 42.6 Å². The number of hydrogen-bond acceptors (Lipinski definition) is 7. The maximum absolute atomic E-state index is 12.9. The molecule has 0 amide bonds. The molecule has 3 aromatic rings. The highest BCUT2D eigenvalue weighted by molar-refractivity contribution is 9.10. The minimum Gasteiger partial charge on any atom is -0.489 e. The zero-order valence-electron chi connectivity index (χ0n) is 17.0. The fraction of sp³-hybridized carbons (Fsp3) is 0.364. The highest BCUT2D eigenvalue weighted by atomic mass is 79.9. The summed E-state index contributed by atoms with van der Waals surface area (Å²) in [6.45, 7) is 4.72. The number of carbonyl (C=O) groups is 1. The summed E-state index contributed by atoms with van der Waals surface area (Å²) in [4.78, 5) is 19.5. The van der Waals surface area contributed by atoms with E-state index < -0.39 is 0 Å². The number of halogens is 2. The number of ketones is 1. The van der Waals surface area contributed by atoms with E-state index in [1.54, 1.807) is 6.20 Å². The van der Waals surface area contributed by atoms with Gasteiger partial charge in [0.2, 0.25) is 0 Å². The fourth-order valence-corrected chi connectivity index (χ4v) is 4.91. The van der Waals surface area contributed by atoms with Gasteiger partial charge in [-0.2, -0.15) is 0 Å². The molecule has 3 heterocycles. The fourth-order valence-electron chi connectivity index (χ4n) is 3.55. The summed E-state index contributed by atoms with van der Waals surface area (Å²) in [5.74, 6) is 1.33. The molecule has 0 radical (unpaired) electrons. The Morgan fingerprint density at radius 2 is 2.00 bits per heavy atom. The summed E-state index contributed by atoms with van der Waals surface area (Å²) in [6, 6.07) is 7.68. The SMILES string of the molecule is Cl.Nc1ncc(C(=O)CCCN2CCOCC2)c2scc(COc3ccc(Br)cc3)c12. The van der Waals surface area contributed by atoms with Crippen LogP contribution < -0.4 is 10.5 Å². The van der Waals surface area contributed by atoms with Gasteiger partial charge in [0, 0.05) is 41.1 Å². The van der Waals surface area contributed by atoms with Crippen LogP contribution in [0.25, 0.3) is 10.1 Å². The van der Waals surface area contributed by atoms with Crippen LogP contribution >= 0.6 is 39.7 Å². The molecule has 1 fully saturated rings. The van der Waals surface area contributed by atoms with Gasteiger partial charge in [-0.3, -0.25) is 9.69 Å². The van der Waals surface area contributed by atoms with Crippen LogP contribution in [0, 0.1) is 0 Å². The van der Waals surface area contributed by atoms with Crippen molar-refractivity contribution in [1.82, 2.24) is 9.88 Å². The summed E-state index contributed by atoms with van der Waals surface area (Å²) in [6.07, 6.45) is 2.95. The van der Waals surface area contributed by atoms with Gasteiger partial charge in [0.15, 0.2) is 5.78 Å². The molecule has 31 heavy (non-hydrogen) atoms. The number of rotatable bonds is 8. The Morgan fingerprint density at radius 1 is 1.26 bits per heavy atom. The average Bonchev–Trinajstić information content (AvgIpc) is 3.19. The summed E-state index contributed by atoms with van der Waals surface area (Å²) in [5.41, 5.74) is 7.76. The van der Waals surface area contributed by atoms with Crippen molar-refractivity contribution >= 4 is 61.4 Å². The Kier molecular flexibility index (Phi) is 8.68. The van der Waals surface area contributed by atoms with E-state index in [0.717, 1.165) is 65.1 Å². The maximum atomic E-state index is 12.9. The number of nitrogens with zero attached hydrogens (tertiary/aromatic N) is 2. The lowest BCUT2D eigenvalue weighted by Gasteiger charge is -2.26. The molecule has 0 atom stereocenters. The Balaban J connectivity index is 0.00000272. The first-order chi connectivity index (χ1) is 14.6. The van der Waals surface area contributed by atoms with Gasteiger partial charge in [-0.15, -0.1) is 23.7 Å². The highest BCUT2D eigenvalue weighted by Crippen LogP contribution is 2.34. The van der Waals surface area contributed by atoms with E-state index in [9.17, 15) is 4.79 Å². The number of nitrogen functional groups attached to an aromatic ring is 1. The molecule has 0 spiro atoms. The van der Waals surface area contributed by atoms with Crippen molar-refractivity contribution in [3.63, 3.8) is 0 Å². The zero-order valence-corrected chi connectivity index (χ0v) is 20.2. The highest BCUT2D eigenvalue weighted by Gasteiger charge is 2.18. The first-order valence-corrected chi connectivity index (χ1v) is 11.7. The molecule has 2 N–H and O–H groups in total. The van der Waals surface area contributed by atoms with Crippen molar-refractivity contribution in [2.45, 2.75) is 19.4 Å². The number of morpholine rings is 1. The van der Waals surface area contributed by atoms with E-state index in [2.05, 4.69) is 25.8 Å². The Hall–Kier alpha value is -1.71. The van der Waals surface area contributed by atoms with Gasteiger partial charge in [0.05, 0.1) is 23.5 Å². The van der Waals surface area contributed by atoms with E-state index >= 15 is 0 Å². The van der Waals surface area contributed by atoms with Crippen molar-refractivity contribution in [3.8, 4) is 5.75 Å². The van der Waals surface area contributed by atoms with E-state index in [0.29, 0.717) is 24.4 Å². The van der Waals surface area contributed by atoms with E-state index in [-0.39, 0.29) is 18.2 Å². The van der Waals surface area contributed by atoms with Crippen molar-refractivity contribution < 1.29 is 14.3 Å². The summed E-state index contributed by atoms with van der Waals surface area (Å²) < 4.78 is 13.2. The van der Waals surface area contributed by atoms with Crippen molar-refractivity contribution in [1.29, 1.82) is 0 Å². The monoisotopic (exact) mass is 525 g/mol. The third-order valence-electron chi connectivity index (χ3n) is 5.19. The van der Waals surface area contributed by atoms with E-state index in [4.69, 9.17) is 15.2 Å². The molecule has 166 valence electrons. The molecule has 0 aliphatic carbocycles. The number of ether oxygens (including phenoxy) is 2. The lowest BCUT2D eigenvalue weighted by molar-refractivity contribution is 0.0371. The molecule has 1 saturated heterocycles. The number of thiophene rings is 1. The van der Waals surface area contributed by atoms with Crippen molar-refractivity contribution in [2.75, 3.05) is 38.6 Å². The summed E-state index contributed by atoms with van der Waals surface area (Å²) >= 11 is 4.95. The molecule has 9 heteroatoms. The Bertz CT molecular complexity index is 1020. The van der Waals surface area contributed by atoms with Crippen LogP contribution in [0.2, 0.25) is 0 Å². The first-order valence-electron chi connectivity index (χ1n) is 9.98. The zero-order chi connectivity index (χ0) is 20.9. The van der Waals surface area contributed by atoms with Gasteiger partial charge in [-0.25, -0.2) is 4.98 Å². The van der Waals surface area contributed by atoms with Gasteiger partial charge in [-0.1, -0.05) is 15.9 Å². The van der Waals surface area contributed by atoms with Gasteiger partial charge >= 0.3 is 0 Å². The van der Waals surface area contributed by atoms with Crippen LogP contribution in [-0.2, 0) is 11.3 Å². The molecule has 1 aromatic carbocycles. The average molecular weight is 527 g/mol. The molecular weight excluding hydrogens is 502 g/mol. The van der Waals surface area contributed by atoms with Crippen LogP contribution in [0.3, 0.4) is 0 Å². The van der Waals surface area contributed by atoms with Crippen molar-refractivity contribution in [2.24, 2.45) is 0 Å². The molecule has 1 aliphatic rings. The van der Waals surface area contributed by atoms with Crippen LogP contribution in [0.1, 0.15) is 28.8 Å². The number of carbonyl (C=O) groups excluding carboxylic acids is 1. The molecular formula is C22H25BrClN3O3S. The Labute approximate surface area is 200 Å². The lowest BCUT2D eigenvalue weighted by Crippen LogP contribution is -2.36. The topological polar surface area (TPSA) is 77.7 Å². The molecule has 4 rings (SSSR count). The number of Topliss-reactive ketones (excluding diaryl/α,β-unsaturated/α-hetero) is 1. The normalized spacial score (nSPS) is 14.4. The number of aromatic nitrogens is 1. The standard InChI is InChI=1S/C22H24BrN3O3S.ClH/c23-16-3-5-17(6-4-16)29-13-15-14-30-21-18(12-25-22(24)20(15)21)19(27)2-1-7-26-8-10-28-11-9-26;/h3-6,12,14H,1-2,7-11,13H2,(H2,24,25);1H. The smallest absolute Gasteiger partial charge is 0.165 e. The summed E-state index contributed by atoms with van der Waals surface area (Å²) in [5, 5.41) is 2.84. The van der Waals surface area contributed by atoms with Gasteiger partial charge in [0.25, 0.3) is 0 Å². The second-order valence-corrected chi connectivity index (χ2v) is 9.04. The van der Waals surface area contributed by atoms with Crippen LogP contribution in [0.5, 0.6) is 5.75 Å². The van der Waals surface area contributed by atoms with E-state index in [1.807, 2.05) is 29.6 Å². The van der Waals surface area contributed by atoms with Gasteiger partial charge < -0.3 is 15.2 Å². The molecule has 0 bridgehead atoms. The quantitative estimate of drug-likeness (QED) is 0.419. The number of anilines is 1. The third-order valence-corrected chi connectivity index (χ3v) is 6.78. The number of fused-ring (bicyclic) bond motifs is 1. The number of benzene rings is 1. The number of nitrogens with two attached hydrogens (primary N) is 1. The second kappa shape index (κ2) is 11.2. The van der Waals surface area contributed by atoms with Crippen LogP contribution in [0.4, 0.5) is 5.82 Å². The number of hydrogen-bond donors (Lipinski definition) is 1. The summed E-state index contributed by atoms with van der Waals surface area (Å²) in [7, 11) is 0. The largest absolute Gasteiger partial charge is 0.489 e. The lowest BCUT2D eigenvalue weighted by atomic mass is 10.1. The third kappa shape index (κ3) is 5.96. The molecule has 6 nitrogen and oxygen atoms in total. The maximum Gasteiger partial charge on any atom is 0.165 e. The molecule has 2 aromatic heterocycles. The molecule has 0 unspecified atom stereocenters. The predicted octanol–water partition coefficient (Wildman–Crippen LogP) is 4.94. The van der Waals surface area contributed by atoms with Crippen molar-refractivity contribution in [3.05, 3.63) is 51.4 Å². The second-order valence-electron chi connectivity index (χ2n) is 7.25. The molecule has 0 saturated carbocycles. The predicted molar refractivity (Wildman–Crippen MR) is 131 cm³/mol. The van der Waals surface area contributed by atoms with Crippen LogP contribution in [-0.4, -0.2) is 48.5 Å².